The van der Waals surface area contributed by atoms with Gasteiger partial charge >= 0.3 is 6.61 Å². The van der Waals surface area contributed by atoms with E-state index in [2.05, 4.69) is 30.6 Å². The van der Waals surface area contributed by atoms with E-state index in [0.29, 0.717) is 31.2 Å². The topological polar surface area (TPSA) is 96.6 Å². The van der Waals surface area contributed by atoms with Gasteiger partial charge in [-0.1, -0.05) is 19.1 Å². The predicted octanol–water partition coefficient (Wildman–Crippen LogP) is 1.73. The maximum atomic E-state index is 12.2. The molecule has 1 aromatic carbocycles. The number of alkyl halides is 2. The van der Waals surface area contributed by atoms with Crippen molar-refractivity contribution in [2.75, 3.05) is 19.6 Å². The van der Waals surface area contributed by atoms with E-state index >= 15 is 0 Å². The first-order chi connectivity index (χ1) is 13.5. The highest BCUT2D eigenvalue weighted by molar-refractivity contribution is 5.79. The average molecular weight is 396 g/mol. The lowest BCUT2D eigenvalue weighted by molar-refractivity contribution is -0.0498. The minimum atomic E-state index is -2.87. The summed E-state index contributed by atoms with van der Waals surface area (Å²) in [5.74, 6) is 1.54. The van der Waals surface area contributed by atoms with Crippen LogP contribution in [0, 0.1) is 0 Å². The smallest absolute Gasteiger partial charge is 0.387 e. The van der Waals surface area contributed by atoms with Crippen LogP contribution in [0.2, 0.25) is 0 Å². The molecule has 28 heavy (non-hydrogen) atoms. The number of benzene rings is 1. The number of aromatic nitrogens is 3. The van der Waals surface area contributed by atoms with Gasteiger partial charge in [0.2, 0.25) is 0 Å². The van der Waals surface area contributed by atoms with Gasteiger partial charge in [-0.2, -0.15) is 8.78 Å². The average Bonchev–Trinajstić information content (AvgIpc) is 3.13. The second kappa shape index (κ2) is 11.2. The SMILES string of the molecule is CCNC(=NCC(O)c1ccc(OC(F)F)cc1)NCCn1cnnc1CC. The van der Waals surface area contributed by atoms with Crippen LogP contribution in [0.3, 0.4) is 0 Å². The third kappa shape index (κ3) is 6.76. The van der Waals surface area contributed by atoms with Crippen LogP contribution in [-0.4, -0.2) is 52.1 Å². The van der Waals surface area contributed by atoms with Gasteiger partial charge in [0.15, 0.2) is 5.96 Å². The van der Waals surface area contributed by atoms with Crippen molar-refractivity contribution in [2.24, 2.45) is 4.99 Å². The van der Waals surface area contributed by atoms with Gasteiger partial charge in [0.1, 0.15) is 17.9 Å². The number of hydrogen-bond donors (Lipinski definition) is 3. The molecule has 1 heterocycles. The number of aliphatic hydroxyl groups is 1. The zero-order valence-electron chi connectivity index (χ0n) is 16.0. The third-order valence-corrected chi connectivity index (χ3v) is 3.91. The van der Waals surface area contributed by atoms with Crippen molar-refractivity contribution < 1.29 is 18.6 Å². The summed E-state index contributed by atoms with van der Waals surface area (Å²) in [4.78, 5) is 4.37. The van der Waals surface area contributed by atoms with Gasteiger partial charge in [-0.15, -0.1) is 10.2 Å². The van der Waals surface area contributed by atoms with Crippen molar-refractivity contribution in [3.8, 4) is 5.75 Å². The van der Waals surface area contributed by atoms with E-state index in [-0.39, 0.29) is 12.3 Å². The molecule has 0 saturated carbocycles. The summed E-state index contributed by atoms with van der Waals surface area (Å²) >= 11 is 0. The number of guanidine groups is 1. The van der Waals surface area contributed by atoms with Crippen LogP contribution < -0.4 is 15.4 Å². The van der Waals surface area contributed by atoms with Crippen LogP contribution in [0.5, 0.6) is 5.75 Å². The van der Waals surface area contributed by atoms with Gasteiger partial charge in [0, 0.05) is 26.1 Å². The molecule has 10 heteroatoms. The Balaban J connectivity index is 1.88. The van der Waals surface area contributed by atoms with E-state index in [9.17, 15) is 13.9 Å². The molecule has 0 aliphatic carbocycles. The van der Waals surface area contributed by atoms with E-state index in [1.54, 1.807) is 6.33 Å². The van der Waals surface area contributed by atoms with Crippen LogP contribution in [0.15, 0.2) is 35.6 Å². The number of hydrogen-bond acceptors (Lipinski definition) is 5. The maximum absolute atomic E-state index is 12.2. The molecule has 0 radical (unpaired) electrons. The van der Waals surface area contributed by atoms with Crippen LogP contribution in [0.1, 0.15) is 31.3 Å². The zero-order valence-corrected chi connectivity index (χ0v) is 16.0. The fraction of sp³-hybridized carbons (Fsp3) is 0.500. The van der Waals surface area contributed by atoms with Gasteiger partial charge in [0.25, 0.3) is 0 Å². The fourth-order valence-corrected chi connectivity index (χ4v) is 2.53. The number of nitrogens with one attached hydrogen (secondary N) is 2. The summed E-state index contributed by atoms with van der Waals surface area (Å²) < 4.78 is 30.6. The zero-order chi connectivity index (χ0) is 20.4. The van der Waals surface area contributed by atoms with E-state index in [4.69, 9.17) is 0 Å². The van der Waals surface area contributed by atoms with Crippen molar-refractivity contribution in [1.29, 1.82) is 0 Å². The van der Waals surface area contributed by atoms with Crippen molar-refractivity contribution in [3.63, 3.8) is 0 Å². The van der Waals surface area contributed by atoms with Crippen molar-refractivity contribution in [3.05, 3.63) is 42.0 Å². The minimum Gasteiger partial charge on any atom is -0.435 e. The Bertz CT molecular complexity index is 736. The molecular weight excluding hydrogens is 370 g/mol. The molecule has 0 amide bonds. The highest BCUT2D eigenvalue weighted by atomic mass is 19.3. The molecule has 154 valence electrons. The number of halogens is 2. The largest absolute Gasteiger partial charge is 0.435 e. The molecule has 1 atom stereocenters. The molecule has 0 bridgehead atoms. The van der Waals surface area contributed by atoms with E-state index in [0.717, 1.165) is 12.2 Å². The minimum absolute atomic E-state index is 0.0462. The lowest BCUT2D eigenvalue weighted by Crippen LogP contribution is -2.39. The molecule has 3 N–H and O–H groups in total. The monoisotopic (exact) mass is 396 g/mol. The van der Waals surface area contributed by atoms with Crippen molar-refractivity contribution in [1.82, 2.24) is 25.4 Å². The van der Waals surface area contributed by atoms with Gasteiger partial charge in [-0.3, -0.25) is 4.99 Å². The van der Waals surface area contributed by atoms with Gasteiger partial charge < -0.3 is 25.0 Å². The summed E-state index contributed by atoms with van der Waals surface area (Å²) in [6.07, 6.45) is 1.64. The summed E-state index contributed by atoms with van der Waals surface area (Å²) in [6, 6.07) is 5.86. The van der Waals surface area contributed by atoms with Crippen LogP contribution in [0.4, 0.5) is 8.78 Å². The van der Waals surface area contributed by atoms with E-state index < -0.39 is 12.7 Å². The highest BCUT2D eigenvalue weighted by Crippen LogP contribution is 2.19. The number of aliphatic hydroxyl groups excluding tert-OH is 1. The molecule has 1 unspecified atom stereocenters. The molecule has 0 saturated heterocycles. The quantitative estimate of drug-likeness (QED) is 0.418. The molecule has 2 aromatic rings. The standard InChI is InChI=1S/C18H26F2N6O2/c1-3-16-25-24-12-26(16)10-9-22-18(21-4-2)23-11-15(27)13-5-7-14(8-6-13)28-17(19)20/h5-8,12,15,17,27H,3-4,9-11H2,1-2H3,(H2,21,22,23). The van der Waals surface area contributed by atoms with E-state index in [1.165, 1.54) is 24.3 Å². The number of rotatable bonds is 10. The summed E-state index contributed by atoms with van der Waals surface area (Å²) in [5.41, 5.74) is 0.568. The normalized spacial score (nSPS) is 12.9. The third-order valence-electron chi connectivity index (χ3n) is 3.91. The highest BCUT2D eigenvalue weighted by Gasteiger charge is 2.10. The first kappa shape index (κ1) is 21.5. The second-order valence-electron chi connectivity index (χ2n) is 5.90. The Morgan fingerprint density at radius 1 is 1.25 bits per heavy atom. The van der Waals surface area contributed by atoms with E-state index in [1.807, 2.05) is 18.4 Å². The van der Waals surface area contributed by atoms with Crippen LogP contribution in [0.25, 0.3) is 0 Å². The molecular formula is C18H26F2N6O2. The predicted molar refractivity (Wildman–Crippen MR) is 101 cm³/mol. The Labute approximate surface area is 162 Å². The van der Waals surface area contributed by atoms with Crippen molar-refractivity contribution >= 4 is 5.96 Å². The fourth-order valence-electron chi connectivity index (χ4n) is 2.53. The maximum Gasteiger partial charge on any atom is 0.387 e. The summed E-state index contributed by atoms with van der Waals surface area (Å²) in [6.45, 7) is 3.20. The van der Waals surface area contributed by atoms with Gasteiger partial charge in [-0.25, -0.2) is 0 Å². The molecule has 0 fully saturated rings. The Hall–Kier alpha value is -2.75. The van der Waals surface area contributed by atoms with Gasteiger partial charge in [0.05, 0.1) is 12.6 Å². The molecule has 2 rings (SSSR count). The second-order valence-corrected chi connectivity index (χ2v) is 5.90. The number of nitrogens with zero attached hydrogens (tertiary/aromatic N) is 4. The lowest BCUT2D eigenvalue weighted by atomic mass is 10.1. The molecule has 8 nitrogen and oxygen atoms in total. The van der Waals surface area contributed by atoms with Crippen molar-refractivity contribution in [2.45, 2.75) is 39.5 Å². The molecule has 1 aromatic heterocycles. The molecule has 0 aliphatic heterocycles. The Kier molecular flexibility index (Phi) is 8.60. The Morgan fingerprint density at radius 3 is 2.64 bits per heavy atom. The molecule has 0 spiro atoms. The van der Waals surface area contributed by atoms with Crippen LogP contribution >= 0.6 is 0 Å². The number of aliphatic imine (C=N–C) groups is 1. The molecule has 0 aliphatic rings. The number of aryl methyl sites for hydroxylation is 1. The summed E-state index contributed by atoms with van der Waals surface area (Å²) in [5, 5.41) is 24.5. The van der Waals surface area contributed by atoms with Crippen LogP contribution in [-0.2, 0) is 13.0 Å². The lowest BCUT2D eigenvalue weighted by Gasteiger charge is -2.14. The number of ether oxygens (including phenoxy) is 1. The van der Waals surface area contributed by atoms with Gasteiger partial charge in [-0.05, 0) is 24.6 Å². The first-order valence-electron chi connectivity index (χ1n) is 9.15. The summed E-state index contributed by atoms with van der Waals surface area (Å²) in [7, 11) is 0. The first-order valence-corrected chi connectivity index (χ1v) is 9.15. The Morgan fingerprint density at radius 2 is 2.00 bits per heavy atom.